The van der Waals surface area contributed by atoms with E-state index in [1.165, 1.54) is 0 Å². The molecule has 0 heterocycles. The van der Waals surface area contributed by atoms with Crippen molar-refractivity contribution < 1.29 is 10.2 Å². The number of rotatable bonds is 7. The van der Waals surface area contributed by atoms with E-state index in [1.54, 1.807) is 0 Å². The second kappa shape index (κ2) is 6.41. The molecule has 14 heavy (non-hydrogen) atoms. The van der Waals surface area contributed by atoms with E-state index in [1.807, 2.05) is 13.8 Å². The summed E-state index contributed by atoms with van der Waals surface area (Å²) in [6.07, 6.45) is 3.48. The minimum absolute atomic E-state index is 0.105. The molecule has 2 nitrogen and oxygen atoms in total. The van der Waals surface area contributed by atoms with E-state index >= 15 is 0 Å². The first-order valence-electron chi connectivity index (χ1n) is 5.83. The van der Waals surface area contributed by atoms with Crippen molar-refractivity contribution in [3.63, 3.8) is 0 Å². The predicted molar refractivity (Wildman–Crippen MR) is 60.2 cm³/mol. The molecule has 0 radical (unpaired) electrons. The Kier molecular flexibility index (Phi) is 6.38. The minimum atomic E-state index is -0.382. The maximum absolute atomic E-state index is 10.1. The minimum Gasteiger partial charge on any atom is -0.396 e. The molecule has 0 aliphatic carbocycles. The van der Waals surface area contributed by atoms with Gasteiger partial charge in [-0.25, -0.2) is 0 Å². The lowest BCUT2D eigenvalue weighted by molar-refractivity contribution is -0.0552. The van der Waals surface area contributed by atoms with Gasteiger partial charge in [0, 0.05) is 5.41 Å². The fourth-order valence-corrected chi connectivity index (χ4v) is 2.38. The summed E-state index contributed by atoms with van der Waals surface area (Å²) >= 11 is 0. The second-order valence-corrected chi connectivity index (χ2v) is 4.71. The fraction of sp³-hybridized carbons (Fsp3) is 1.00. The van der Waals surface area contributed by atoms with Gasteiger partial charge in [-0.05, 0) is 18.8 Å². The molecule has 0 saturated heterocycles. The van der Waals surface area contributed by atoms with E-state index in [4.69, 9.17) is 0 Å². The molecule has 86 valence electrons. The van der Waals surface area contributed by atoms with Gasteiger partial charge in [0.25, 0.3) is 0 Å². The van der Waals surface area contributed by atoms with Crippen LogP contribution in [0.5, 0.6) is 0 Å². The first-order valence-corrected chi connectivity index (χ1v) is 5.83. The third kappa shape index (κ3) is 3.25. The molecule has 0 fully saturated rings. The molecular weight excluding hydrogens is 176 g/mol. The summed E-state index contributed by atoms with van der Waals surface area (Å²) in [7, 11) is 0. The van der Waals surface area contributed by atoms with Crippen molar-refractivity contribution in [3.8, 4) is 0 Å². The Labute approximate surface area is 88.3 Å². The van der Waals surface area contributed by atoms with Gasteiger partial charge in [0.2, 0.25) is 0 Å². The summed E-state index contributed by atoms with van der Waals surface area (Å²) in [6, 6.07) is 0. The Balaban J connectivity index is 4.62. The van der Waals surface area contributed by atoms with Crippen LogP contribution in [0, 0.1) is 11.3 Å². The summed E-state index contributed by atoms with van der Waals surface area (Å²) < 4.78 is 0. The van der Waals surface area contributed by atoms with Gasteiger partial charge in [-0.1, -0.05) is 40.5 Å². The van der Waals surface area contributed by atoms with Crippen LogP contribution in [0.4, 0.5) is 0 Å². The Morgan fingerprint density at radius 1 is 1.07 bits per heavy atom. The molecule has 0 bridgehead atoms. The maximum Gasteiger partial charge on any atom is 0.0641 e. The van der Waals surface area contributed by atoms with Crippen LogP contribution < -0.4 is 0 Å². The van der Waals surface area contributed by atoms with Crippen LogP contribution in [0.2, 0.25) is 0 Å². The monoisotopic (exact) mass is 202 g/mol. The molecular formula is C12H26O2. The summed E-state index contributed by atoms with van der Waals surface area (Å²) in [4.78, 5) is 0. The average molecular weight is 202 g/mol. The second-order valence-electron chi connectivity index (χ2n) is 4.71. The molecule has 0 aromatic rings. The molecule has 0 rings (SSSR count). The maximum atomic E-state index is 10.1. The lowest BCUT2D eigenvalue weighted by Crippen LogP contribution is -2.41. The normalized spacial score (nSPS) is 14.8. The van der Waals surface area contributed by atoms with Crippen LogP contribution in [0.25, 0.3) is 0 Å². The standard InChI is InChI=1S/C12H26O2/c1-5-7-12(9-13,8-6-2)11(14)10(3)4/h10-11,13-14H,5-9H2,1-4H3. The zero-order valence-corrected chi connectivity index (χ0v) is 10.1. The SMILES string of the molecule is CCCC(CO)(CCC)C(O)C(C)C. The molecule has 0 aromatic heterocycles. The van der Waals surface area contributed by atoms with Crippen LogP contribution in [0.15, 0.2) is 0 Å². The highest BCUT2D eigenvalue weighted by Crippen LogP contribution is 2.36. The summed E-state index contributed by atoms with van der Waals surface area (Å²) in [6.45, 7) is 8.34. The van der Waals surface area contributed by atoms with Crippen molar-refractivity contribution in [2.24, 2.45) is 11.3 Å². The Bertz CT molecular complexity index is 137. The van der Waals surface area contributed by atoms with Crippen LogP contribution in [0.1, 0.15) is 53.4 Å². The predicted octanol–water partition coefficient (Wildman–Crippen LogP) is 2.58. The zero-order valence-electron chi connectivity index (χ0n) is 10.1. The Morgan fingerprint density at radius 2 is 1.50 bits per heavy atom. The van der Waals surface area contributed by atoms with E-state index in [-0.39, 0.29) is 24.0 Å². The van der Waals surface area contributed by atoms with Crippen molar-refractivity contribution in [1.82, 2.24) is 0 Å². The molecule has 0 spiro atoms. The average Bonchev–Trinajstić information content (AvgIpc) is 2.16. The molecule has 1 atom stereocenters. The van der Waals surface area contributed by atoms with Gasteiger partial charge in [0.15, 0.2) is 0 Å². The molecule has 2 N–H and O–H groups in total. The quantitative estimate of drug-likeness (QED) is 0.666. The third-order valence-corrected chi connectivity index (χ3v) is 3.07. The van der Waals surface area contributed by atoms with Crippen molar-refractivity contribution >= 4 is 0 Å². The smallest absolute Gasteiger partial charge is 0.0641 e. The number of aliphatic hydroxyl groups excluding tert-OH is 2. The van der Waals surface area contributed by atoms with E-state index in [9.17, 15) is 10.2 Å². The Hall–Kier alpha value is -0.0800. The van der Waals surface area contributed by atoms with Crippen molar-refractivity contribution in [3.05, 3.63) is 0 Å². The highest BCUT2D eigenvalue weighted by Gasteiger charge is 2.37. The molecule has 0 saturated carbocycles. The van der Waals surface area contributed by atoms with E-state index < -0.39 is 0 Å². The molecule has 2 heteroatoms. The van der Waals surface area contributed by atoms with E-state index in [0.29, 0.717) is 0 Å². The molecule has 0 aromatic carbocycles. The molecule has 0 amide bonds. The number of hydrogen-bond acceptors (Lipinski definition) is 2. The third-order valence-electron chi connectivity index (χ3n) is 3.07. The van der Waals surface area contributed by atoms with Gasteiger partial charge in [0.05, 0.1) is 12.7 Å². The lowest BCUT2D eigenvalue weighted by atomic mass is 9.71. The first-order chi connectivity index (χ1) is 6.54. The molecule has 0 aliphatic rings. The summed E-state index contributed by atoms with van der Waals surface area (Å²) in [5.41, 5.74) is -0.266. The number of hydrogen-bond donors (Lipinski definition) is 2. The van der Waals surface area contributed by atoms with Crippen molar-refractivity contribution in [1.29, 1.82) is 0 Å². The lowest BCUT2D eigenvalue weighted by Gasteiger charge is -2.38. The largest absolute Gasteiger partial charge is 0.396 e. The van der Waals surface area contributed by atoms with E-state index in [2.05, 4.69) is 13.8 Å². The molecule has 0 aliphatic heterocycles. The summed E-state index contributed by atoms with van der Waals surface area (Å²) in [5.74, 6) is 0.222. The fourth-order valence-electron chi connectivity index (χ4n) is 2.38. The van der Waals surface area contributed by atoms with Gasteiger partial charge in [-0.15, -0.1) is 0 Å². The topological polar surface area (TPSA) is 40.5 Å². The highest BCUT2D eigenvalue weighted by atomic mass is 16.3. The number of aliphatic hydroxyl groups is 2. The molecule has 1 unspecified atom stereocenters. The van der Waals surface area contributed by atoms with Gasteiger partial charge in [0.1, 0.15) is 0 Å². The van der Waals surface area contributed by atoms with Crippen molar-refractivity contribution in [2.45, 2.75) is 59.5 Å². The summed E-state index contributed by atoms with van der Waals surface area (Å²) in [5, 5.41) is 19.6. The zero-order chi connectivity index (χ0) is 11.2. The van der Waals surface area contributed by atoms with Gasteiger partial charge < -0.3 is 10.2 Å². The van der Waals surface area contributed by atoms with Gasteiger partial charge in [-0.2, -0.15) is 0 Å². The van der Waals surface area contributed by atoms with Crippen LogP contribution in [-0.4, -0.2) is 22.9 Å². The first kappa shape index (κ1) is 13.9. The Morgan fingerprint density at radius 3 is 1.71 bits per heavy atom. The van der Waals surface area contributed by atoms with Gasteiger partial charge >= 0.3 is 0 Å². The van der Waals surface area contributed by atoms with Crippen molar-refractivity contribution in [2.75, 3.05) is 6.61 Å². The van der Waals surface area contributed by atoms with Crippen LogP contribution in [0.3, 0.4) is 0 Å². The highest BCUT2D eigenvalue weighted by molar-refractivity contribution is 4.87. The van der Waals surface area contributed by atoms with Crippen LogP contribution in [-0.2, 0) is 0 Å². The van der Waals surface area contributed by atoms with E-state index in [0.717, 1.165) is 25.7 Å². The van der Waals surface area contributed by atoms with Crippen LogP contribution >= 0.6 is 0 Å². The van der Waals surface area contributed by atoms with Gasteiger partial charge in [-0.3, -0.25) is 0 Å².